The van der Waals surface area contributed by atoms with Gasteiger partial charge in [0.05, 0.1) is 22.6 Å². The molecule has 2 aromatic rings. The summed E-state index contributed by atoms with van der Waals surface area (Å²) in [5, 5.41) is 1.34. The molecule has 24 heavy (non-hydrogen) atoms. The fraction of sp³-hybridized carbons (Fsp3) is 0.222. The predicted molar refractivity (Wildman–Crippen MR) is 98.0 cm³/mol. The van der Waals surface area contributed by atoms with Gasteiger partial charge in [-0.15, -0.1) is 0 Å². The van der Waals surface area contributed by atoms with Crippen LogP contribution in [0.15, 0.2) is 42.5 Å². The summed E-state index contributed by atoms with van der Waals surface area (Å²) in [5.41, 5.74) is 1.30. The van der Waals surface area contributed by atoms with Crippen LogP contribution in [0.2, 0.25) is 15.1 Å². The van der Waals surface area contributed by atoms with Crippen molar-refractivity contribution in [1.29, 1.82) is 0 Å². The van der Waals surface area contributed by atoms with Gasteiger partial charge in [0.15, 0.2) is 5.78 Å². The third kappa shape index (κ3) is 4.50. The maximum atomic E-state index is 12.4. The largest absolute Gasteiger partial charge is 0.331 e. The van der Waals surface area contributed by atoms with Gasteiger partial charge in [-0.2, -0.15) is 0 Å². The first-order valence-corrected chi connectivity index (χ1v) is 8.54. The molecular weight excluding hydrogens is 369 g/mol. The minimum absolute atomic E-state index is 0.0391. The lowest BCUT2D eigenvalue weighted by Crippen LogP contribution is -2.32. The van der Waals surface area contributed by atoms with Crippen LogP contribution in [0, 0.1) is 0 Å². The van der Waals surface area contributed by atoms with Crippen molar-refractivity contribution >= 4 is 47.0 Å². The van der Waals surface area contributed by atoms with Crippen LogP contribution >= 0.6 is 34.8 Å². The fourth-order valence-electron chi connectivity index (χ4n) is 2.52. The summed E-state index contributed by atoms with van der Waals surface area (Å²) >= 11 is 17.9. The van der Waals surface area contributed by atoms with Gasteiger partial charge < -0.3 is 4.90 Å². The van der Waals surface area contributed by atoms with Gasteiger partial charge in [0, 0.05) is 10.6 Å². The molecule has 0 spiro atoms. The van der Waals surface area contributed by atoms with E-state index in [1.54, 1.807) is 36.4 Å². The summed E-state index contributed by atoms with van der Waals surface area (Å²) in [6, 6.07) is 11.6. The number of hydrogen-bond acceptors (Lipinski definition) is 2. The van der Waals surface area contributed by atoms with Crippen LogP contribution in [0.5, 0.6) is 0 Å². The number of Topliss-reactive ketones (excluding diaryl/α,β-unsaturated/α-hetero) is 1. The Kier molecular flexibility index (Phi) is 6.67. The molecular formula is C18H16Cl3NO2. The van der Waals surface area contributed by atoms with Crippen molar-refractivity contribution in [3.63, 3.8) is 0 Å². The van der Waals surface area contributed by atoms with Gasteiger partial charge in [-0.1, -0.05) is 59.9 Å². The van der Waals surface area contributed by atoms with E-state index in [1.165, 1.54) is 4.90 Å². The number of benzene rings is 2. The van der Waals surface area contributed by atoms with Crippen molar-refractivity contribution in [3.05, 3.63) is 68.7 Å². The molecule has 2 rings (SSSR count). The molecule has 0 bridgehead atoms. The third-order valence-electron chi connectivity index (χ3n) is 3.72. The Morgan fingerprint density at radius 2 is 1.88 bits per heavy atom. The average molecular weight is 385 g/mol. The normalized spacial score (nSPS) is 11.8. The van der Waals surface area contributed by atoms with E-state index in [0.29, 0.717) is 33.5 Å². The van der Waals surface area contributed by atoms with Crippen molar-refractivity contribution in [2.24, 2.45) is 0 Å². The lowest BCUT2D eigenvalue weighted by molar-refractivity contribution is -0.120. The standard InChI is InChI=1S/C18H16Cl3NO2/c1-2-17(12-6-7-15(20)16(21)9-12)22(11-23)10-18(24)13-4-3-5-14(19)8-13/h3-9,11,17H,2,10H2,1H3. The molecule has 0 saturated carbocycles. The van der Waals surface area contributed by atoms with Crippen LogP contribution in [0.4, 0.5) is 0 Å². The smallest absolute Gasteiger partial charge is 0.210 e. The lowest BCUT2D eigenvalue weighted by atomic mass is 10.0. The molecule has 0 aromatic heterocycles. The zero-order valence-electron chi connectivity index (χ0n) is 13.0. The van der Waals surface area contributed by atoms with E-state index < -0.39 is 0 Å². The molecule has 1 amide bonds. The van der Waals surface area contributed by atoms with E-state index in [-0.39, 0.29) is 18.4 Å². The summed E-state index contributed by atoms with van der Waals surface area (Å²) in [5.74, 6) is -0.178. The number of carbonyl (C=O) groups excluding carboxylic acids is 2. The molecule has 2 aromatic carbocycles. The van der Waals surface area contributed by atoms with Gasteiger partial charge in [-0.25, -0.2) is 0 Å². The number of hydrogen-bond donors (Lipinski definition) is 0. The van der Waals surface area contributed by atoms with E-state index in [4.69, 9.17) is 34.8 Å². The Morgan fingerprint density at radius 1 is 1.12 bits per heavy atom. The van der Waals surface area contributed by atoms with E-state index in [2.05, 4.69) is 0 Å². The molecule has 3 nitrogen and oxygen atoms in total. The summed E-state index contributed by atoms with van der Waals surface area (Å²) < 4.78 is 0. The predicted octanol–water partition coefficient (Wildman–Crippen LogP) is 5.44. The van der Waals surface area contributed by atoms with Crippen molar-refractivity contribution in [2.45, 2.75) is 19.4 Å². The Hall–Kier alpha value is -1.55. The molecule has 0 N–H and O–H groups in total. The number of halogens is 3. The molecule has 1 unspecified atom stereocenters. The van der Waals surface area contributed by atoms with Crippen LogP contribution in [0.1, 0.15) is 35.3 Å². The highest BCUT2D eigenvalue weighted by molar-refractivity contribution is 6.42. The lowest BCUT2D eigenvalue weighted by Gasteiger charge is -2.27. The number of nitrogens with zero attached hydrogens (tertiary/aromatic N) is 1. The Balaban J connectivity index is 2.23. The quantitative estimate of drug-likeness (QED) is 0.471. The number of amides is 1. The van der Waals surface area contributed by atoms with Crippen molar-refractivity contribution in [1.82, 2.24) is 4.90 Å². The maximum absolute atomic E-state index is 12.4. The van der Waals surface area contributed by atoms with Crippen LogP contribution < -0.4 is 0 Å². The Bertz CT molecular complexity index is 749. The van der Waals surface area contributed by atoms with Crippen molar-refractivity contribution < 1.29 is 9.59 Å². The van der Waals surface area contributed by atoms with Gasteiger partial charge in [-0.3, -0.25) is 9.59 Å². The first-order valence-electron chi connectivity index (χ1n) is 7.41. The Labute approximate surface area is 156 Å². The minimum Gasteiger partial charge on any atom is -0.331 e. The molecule has 1 atom stereocenters. The van der Waals surface area contributed by atoms with E-state index in [9.17, 15) is 9.59 Å². The highest BCUT2D eigenvalue weighted by Gasteiger charge is 2.21. The van der Waals surface area contributed by atoms with E-state index in [0.717, 1.165) is 5.56 Å². The van der Waals surface area contributed by atoms with E-state index >= 15 is 0 Å². The molecule has 6 heteroatoms. The summed E-state index contributed by atoms with van der Waals surface area (Å²) in [7, 11) is 0. The first-order chi connectivity index (χ1) is 11.5. The second-order valence-electron chi connectivity index (χ2n) is 5.31. The first kappa shape index (κ1) is 18.8. The number of carbonyl (C=O) groups is 2. The van der Waals surface area contributed by atoms with Crippen molar-refractivity contribution in [3.8, 4) is 0 Å². The molecule has 0 aliphatic heterocycles. The van der Waals surface area contributed by atoms with Crippen LogP contribution in [0.3, 0.4) is 0 Å². The van der Waals surface area contributed by atoms with Crippen molar-refractivity contribution in [2.75, 3.05) is 6.54 Å². The van der Waals surface area contributed by atoms with Crippen LogP contribution in [0.25, 0.3) is 0 Å². The SMILES string of the molecule is CCC(c1ccc(Cl)c(Cl)c1)N(C=O)CC(=O)c1cccc(Cl)c1. The molecule has 0 aliphatic carbocycles. The van der Waals surface area contributed by atoms with Crippen LogP contribution in [-0.4, -0.2) is 23.6 Å². The van der Waals surface area contributed by atoms with Gasteiger partial charge >= 0.3 is 0 Å². The molecule has 0 radical (unpaired) electrons. The zero-order chi connectivity index (χ0) is 17.7. The van der Waals surface area contributed by atoms with Crippen LogP contribution in [-0.2, 0) is 4.79 Å². The van der Waals surface area contributed by atoms with Gasteiger partial charge in [0.1, 0.15) is 0 Å². The molecule has 0 saturated heterocycles. The topological polar surface area (TPSA) is 37.4 Å². The van der Waals surface area contributed by atoms with Gasteiger partial charge in [0.25, 0.3) is 0 Å². The monoisotopic (exact) mass is 383 g/mol. The highest BCUT2D eigenvalue weighted by Crippen LogP contribution is 2.29. The molecule has 0 heterocycles. The second-order valence-corrected chi connectivity index (χ2v) is 6.56. The highest BCUT2D eigenvalue weighted by atomic mass is 35.5. The van der Waals surface area contributed by atoms with E-state index in [1.807, 2.05) is 13.0 Å². The zero-order valence-corrected chi connectivity index (χ0v) is 15.3. The second kappa shape index (κ2) is 8.52. The summed E-state index contributed by atoms with van der Waals surface area (Å²) in [4.78, 5) is 25.4. The average Bonchev–Trinajstić information content (AvgIpc) is 2.57. The summed E-state index contributed by atoms with van der Waals surface area (Å²) in [6.07, 6.45) is 1.32. The molecule has 0 fully saturated rings. The third-order valence-corrected chi connectivity index (χ3v) is 4.70. The maximum Gasteiger partial charge on any atom is 0.210 e. The van der Waals surface area contributed by atoms with Gasteiger partial charge in [0.2, 0.25) is 6.41 Å². The number of rotatable bonds is 7. The molecule has 0 aliphatic rings. The molecule has 126 valence electrons. The minimum atomic E-state index is -0.264. The van der Waals surface area contributed by atoms with Gasteiger partial charge in [-0.05, 0) is 36.2 Å². The Morgan fingerprint density at radius 3 is 2.46 bits per heavy atom. The number of ketones is 1. The fourth-order valence-corrected chi connectivity index (χ4v) is 3.02. The summed E-state index contributed by atoms with van der Waals surface area (Å²) in [6.45, 7) is 1.90.